The van der Waals surface area contributed by atoms with Gasteiger partial charge in [-0.15, -0.1) is 11.3 Å². The number of amides is 2. The largest absolute Gasteiger partial charge is 0.382 e. The third kappa shape index (κ3) is 3.01. The molecule has 2 aromatic heterocycles. The van der Waals surface area contributed by atoms with E-state index in [-0.39, 0.29) is 6.03 Å². The lowest BCUT2D eigenvalue weighted by atomic mass is 9.95. The highest BCUT2D eigenvalue weighted by Gasteiger charge is 2.13. The van der Waals surface area contributed by atoms with E-state index in [4.69, 9.17) is 5.73 Å². The van der Waals surface area contributed by atoms with Crippen molar-refractivity contribution in [3.05, 3.63) is 47.9 Å². The van der Waals surface area contributed by atoms with Crippen molar-refractivity contribution in [1.29, 1.82) is 0 Å². The number of thiophene rings is 1. The third-order valence-electron chi connectivity index (χ3n) is 4.35. The molecule has 1 aromatic carbocycles. The predicted molar refractivity (Wildman–Crippen MR) is 107 cm³/mol. The van der Waals surface area contributed by atoms with Gasteiger partial charge >= 0.3 is 6.03 Å². The number of fused-ring (bicyclic) bond motifs is 3. The summed E-state index contributed by atoms with van der Waals surface area (Å²) >= 11 is 1.61. The Morgan fingerprint density at radius 1 is 1.35 bits per heavy atom. The average Bonchev–Trinajstić information content (AvgIpc) is 3.01. The number of carbonyl (C=O) groups excluding carboxylic acids is 1. The van der Waals surface area contributed by atoms with Crippen molar-refractivity contribution in [2.75, 3.05) is 12.3 Å². The molecule has 3 aromatic rings. The van der Waals surface area contributed by atoms with Gasteiger partial charge in [-0.2, -0.15) is 0 Å². The van der Waals surface area contributed by atoms with Crippen molar-refractivity contribution in [2.24, 2.45) is 0 Å². The second-order valence-corrected chi connectivity index (χ2v) is 7.15. The Balaban J connectivity index is 1.69. The van der Waals surface area contributed by atoms with Gasteiger partial charge in [0.05, 0.1) is 10.2 Å². The number of rotatable bonds is 3. The second-order valence-electron chi connectivity index (χ2n) is 6.10. The second kappa shape index (κ2) is 6.76. The Morgan fingerprint density at radius 2 is 2.23 bits per heavy atom. The molecule has 0 unspecified atom stereocenters. The molecule has 0 aliphatic heterocycles. The van der Waals surface area contributed by atoms with E-state index in [1.54, 1.807) is 11.3 Å². The van der Waals surface area contributed by atoms with Crippen LogP contribution in [0.3, 0.4) is 0 Å². The van der Waals surface area contributed by atoms with Crippen LogP contribution in [0.15, 0.2) is 42.4 Å². The first-order valence-corrected chi connectivity index (χ1v) is 9.36. The lowest BCUT2D eigenvalue weighted by Crippen LogP contribution is -2.34. The van der Waals surface area contributed by atoms with Gasteiger partial charge in [-0.3, -0.25) is 0 Å². The minimum atomic E-state index is -0.176. The molecule has 0 radical (unpaired) electrons. The Kier molecular flexibility index (Phi) is 4.30. The van der Waals surface area contributed by atoms with Crippen LogP contribution in [0.1, 0.15) is 25.3 Å². The van der Waals surface area contributed by atoms with Gasteiger partial charge in [0.25, 0.3) is 0 Å². The van der Waals surface area contributed by atoms with Gasteiger partial charge in [0.15, 0.2) is 0 Å². The van der Waals surface area contributed by atoms with Crippen LogP contribution in [0.2, 0.25) is 0 Å². The van der Waals surface area contributed by atoms with Gasteiger partial charge < -0.3 is 16.4 Å². The number of nitrogens with two attached hydrogens (primary N) is 1. The minimum absolute atomic E-state index is 0.176. The number of hydrogen-bond acceptors (Lipinski definition) is 5. The van der Waals surface area contributed by atoms with E-state index in [2.05, 4.69) is 38.8 Å². The molecule has 4 N–H and O–H groups in total. The lowest BCUT2D eigenvalue weighted by molar-refractivity contribution is 0.244. The summed E-state index contributed by atoms with van der Waals surface area (Å²) in [6.07, 6.45) is 7.44. The molecular formula is C19H19N5OS. The highest BCUT2D eigenvalue weighted by molar-refractivity contribution is 7.26. The summed E-state index contributed by atoms with van der Waals surface area (Å²) in [5, 5.41) is 6.73. The molecule has 2 heterocycles. The summed E-state index contributed by atoms with van der Waals surface area (Å²) in [7, 11) is 0. The Labute approximate surface area is 154 Å². The number of urea groups is 1. The molecular weight excluding hydrogens is 346 g/mol. The van der Waals surface area contributed by atoms with E-state index in [1.807, 2.05) is 19.1 Å². The van der Waals surface area contributed by atoms with Crippen molar-refractivity contribution in [3.63, 3.8) is 0 Å². The Morgan fingerprint density at radius 3 is 3.08 bits per heavy atom. The van der Waals surface area contributed by atoms with Gasteiger partial charge in [-0.05, 0) is 43.0 Å². The fourth-order valence-corrected chi connectivity index (χ4v) is 4.24. The van der Waals surface area contributed by atoms with Crippen LogP contribution in [-0.4, -0.2) is 22.5 Å². The highest BCUT2D eigenvalue weighted by atomic mass is 32.1. The monoisotopic (exact) mass is 365 g/mol. The number of hydrogen-bond donors (Lipinski definition) is 3. The fourth-order valence-electron chi connectivity index (χ4n) is 3.14. The summed E-state index contributed by atoms with van der Waals surface area (Å²) in [5.74, 6) is 0.519. The number of nitrogens with one attached hydrogen (secondary N) is 2. The van der Waals surface area contributed by atoms with Crippen LogP contribution in [0.25, 0.3) is 25.9 Å². The van der Waals surface area contributed by atoms with Crippen molar-refractivity contribution in [2.45, 2.75) is 19.8 Å². The maximum Gasteiger partial charge on any atom is 0.319 e. The maximum atomic E-state index is 11.7. The first kappa shape index (κ1) is 16.5. The topological polar surface area (TPSA) is 92.9 Å². The summed E-state index contributed by atoms with van der Waals surface area (Å²) in [6, 6.07) is 6.19. The highest BCUT2D eigenvalue weighted by Crippen LogP contribution is 2.37. The van der Waals surface area contributed by atoms with Crippen LogP contribution in [0, 0.1) is 0 Å². The normalized spacial score (nSPS) is 14.2. The molecule has 0 atom stereocenters. The van der Waals surface area contributed by atoms with Crippen molar-refractivity contribution in [1.82, 2.24) is 20.6 Å². The lowest BCUT2D eigenvalue weighted by Gasteiger charge is -2.15. The molecule has 0 spiro atoms. The van der Waals surface area contributed by atoms with Crippen LogP contribution >= 0.6 is 11.3 Å². The molecule has 0 saturated heterocycles. The number of carbonyl (C=O) groups is 1. The summed E-state index contributed by atoms with van der Waals surface area (Å²) < 4.78 is 2.06. The zero-order chi connectivity index (χ0) is 18.1. The molecule has 2 amide bonds. The summed E-state index contributed by atoms with van der Waals surface area (Å²) in [6.45, 7) is 2.50. The first-order valence-electron chi connectivity index (χ1n) is 8.54. The number of nitrogen functional groups attached to an aromatic ring is 1. The van der Waals surface area contributed by atoms with Gasteiger partial charge in [0.1, 0.15) is 12.1 Å². The summed E-state index contributed by atoms with van der Waals surface area (Å²) in [4.78, 5) is 20.2. The molecule has 0 bridgehead atoms. The van der Waals surface area contributed by atoms with Crippen molar-refractivity contribution in [3.8, 4) is 0 Å². The van der Waals surface area contributed by atoms with Crippen LogP contribution in [0.5, 0.6) is 0 Å². The van der Waals surface area contributed by atoms with Crippen molar-refractivity contribution >= 4 is 49.1 Å². The van der Waals surface area contributed by atoms with E-state index >= 15 is 0 Å². The van der Waals surface area contributed by atoms with E-state index in [9.17, 15) is 4.79 Å². The number of nitrogens with zero attached hydrogens (tertiary/aromatic N) is 2. The smallest absolute Gasteiger partial charge is 0.319 e. The minimum Gasteiger partial charge on any atom is -0.382 e. The van der Waals surface area contributed by atoms with E-state index in [0.29, 0.717) is 12.4 Å². The quantitative estimate of drug-likeness (QED) is 0.658. The molecule has 7 heteroatoms. The zero-order valence-corrected chi connectivity index (χ0v) is 15.2. The maximum absolute atomic E-state index is 11.7. The van der Waals surface area contributed by atoms with E-state index in [0.717, 1.165) is 44.4 Å². The number of anilines is 1. The number of benzene rings is 1. The fraction of sp³-hybridized carbons (Fsp3) is 0.211. The molecule has 1 aliphatic carbocycles. The Bertz CT molecular complexity index is 1070. The zero-order valence-electron chi connectivity index (χ0n) is 14.4. The van der Waals surface area contributed by atoms with Crippen LogP contribution < -0.4 is 16.4 Å². The SMILES string of the molecule is CCNC(=O)NC1=CCCC(c2ccc3c(c2)sc2c(N)ncnc23)=C1. The molecule has 0 saturated carbocycles. The molecule has 1 aliphatic rings. The molecule has 4 rings (SSSR count). The molecule has 6 nitrogen and oxygen atoms in total. The third-order valence-corrected chi connectivity index (χ3v) is 5.52. The van der Waals surface area contributed by atoms with Crippen molar-refractivity contribution < 1.29 is 4.79 Å². The van der Waals surface area contributed by atoms with Crippen LogP contribution in [-0.2, 0) is 0 Å². The van der Waals surface area contributed by atoms with Gasteiger partial charge in [-0.25, -0.2) is 14.8 Å². The predicted octanol–water partition coefficient (Wildman–Crippen LogP) is 3.81. The van der Waals surface area contributed by atoms with Gasteiger partial charge in [0.2, 0.25) is 0 Å². The molecule has 132 valence electrons. The van der Waals surface area contributed by atoms with Gasteiger partial charge in [-0.1, -0.05) is 18.2 Å². The van der Waals surface area contributed by atoms with E-state index < -0.39 is 0 Å². The van der Waals surface area contributed by atoms with E-state index in [1.165, 1.54) is 11.9 Å². The van der Waals surface area contributed by atoms with Gasteiger partial charge in [0, 0.05) is 22.3 Å². The summed E-state index contributed by atoms with van der Waals surface area (Å²) in [5.41, 5.74) is 10.1. The molecule has 26 heavy (non-hydrogen) atoms. The Hall–Kier alpha value is -2.93. The number of aromatic nitrogens is 2. The average molecular weight is 365 g/mol. The first-order chi connectivity index (χ1) is 12.7. The number of allylic oxidation sites excluding steroid dienone is 3. The standard InChI is InChI=1S/C19H19N5OS/c1-2-21-19(25)24-13-5-3-4-11(8-13)12-6-7-14-15(9-12)26-17-16(14)22-10-23-18(17)20/h5-10H,2-4H2,1H3,(H2,20,22,23)(H2,21,24,25). The molecule has 0 fully saturated rings. The van der Waals surface area contributed by atoms with Crippen LogP contribution in [0.4, 0.5) is 10.6 Å².